The number of rotatable bonds is 9. The highest BCUT2D eigenvalue weighted by Crippen LogP contribution is 2.69. The van der Waals surface area contributed by atoms with Crippen LogP contribution in [0.25, 0.3) is 0 Å². The van der Waals surface area contributed by atoms with E-state index in [1.165, 1.54) is 24.3 Å². The largest absolute Gasteiger partial charge is 0.405 e. The molecule has 0 heterocycles. The first-order valence-corrected chi connectivity index (χ1v) is 13.8. The van der Waals surface area contributed by atoms with Crippen LogP contribution in [-0.4, -0.2) is 17.0 Å². The van der Waals surface area contributed by atoms with Crippen molar-refractivity contribution in [3.8, 4) is 0 Å². The number of alkyl halides is 2. The van der Waals surface area contributed by atoms with Gasteiger partial charge in [-0.25, -0.2) is 0 Å². The second-order valence-electron chi connectivity index (χ2n) is 11.0. The number of benzene rings is 3. The van der Waals surface area contributed by atoms with Crippen LogP contribution in [0.1, 0.15) is 74.5 Å². The lowest BCUT2D eigenvalue weighted by atomic mass is 9.85. The van der Waals surface area contributed by atoms with Crippen LogP contribution in [-0.2, 0) is 25.7 Å². The Bertz CT molecular complexity index is 1210. The summed E-state index contributed by atoms with van der Waals surface area (Å²) in [4.78, 5) is 13.4. The molecule has 0 fully saturated rings. The van der Waals surface area contributed by atoms with Gasteiger partial charge in [-0.3, -0.25) is 18.4 Å². The van der Waals surface area contributed by atoms with Gasteiger partial charge in [0.2, 0.25) is 0 Å². The highest BCUT2D eigenvalue weighted by Gasteiger charge is 2.58. The minimum Gasteiger partial charge on any atom is -0.298 e. The molecule has 3 aromatic carbocycles. The number of hydrogen-bond donors (Lipinski definition) is 0. The quantitative estimate of drug-likeness (QED) is 0.206. The normalized spacial score (nSPS) is 13.8. The standard InChI is InChI=1S/C30H35F2O4P/c1-28(2,3)35-37(34,36-29(4,5)6)30(31,32)25-19-17-22(18-20-25)21-26(23-13-9-7-10-14-23)27(33)24-15-11-8-12-16-24/h7-20,26H,21H2,1-6H3. The number of carbonyl (C=O) groups excluding carboxylic acids is 1. The zero-order chi connectivity index (χ0) is 27.5. The van der Waals surface area contributed by atoms with Gasteiger partial charge in [0.1, 0.15) is 0 Å². The number of Topliss-reactive ketones (excluding diaryl/α,β-unsaturated/α-hetero) is 1. The predicted molar refractivity (Wildman–Crippen MR) is 143 cm³/mol. The summed E-state index contributed by atoms with van der Waals surface area (Å²) >= 11 is 0. The zero-order valence-corrected chi connectivity index (χ0v) is 23.1. The molecule has 0 aliphatic carbocycles. The topological polar surface area (TPSA) is 52.6 Å². The minimum atomic E-state index is -4.92. The van der Waals surface area contributed by atoms with Crippen molar-refractivity contribution in [2.24, 2.45) is 0 Å². The number of halogens is 2. The van der Waals surface area contributed by atoms with E-state index < -0.39 is 35.9 Å². The summed E-state index contributed by atoms with van der Waals surface area (Å²) in [5, 5.41) is 0. The van der Waals surface area contributed by atoms with Crippen molar-refractivity contribution in [1.82, 2.24) is 0 Å². The van der Waals surface area contributed by atoms with Crippen LogP contribution in [0, 0.1) is 0 Å². The van der Waals surface area contributed by atoms with E-state index >= 15 is 8.78 Å². The fourth-order valence-electron chi connectivity index (χ4n) is 3.94. The molecule has 7 heteroatoms. The summed E-state index contributed by atoms with van der Waals surface area (Å²) < 4.78 is 55.7. The lowest BCUT2D eigenvalue weighted by molar-refractivity contribution is -0.0213. The van der Waals surface area contributed by atoms with Crippen molar-refractivity contribution < 1.29 is 27.2 Å². The molecule has 198 valence electrons. The molecule has 3 aromatic rings. The van der Waals surface area contributed by atoms with Crippen molar-refractivity contribution in [3.63, 3.8) is 0 Å². The van der Waals surface area contributed by atoms with Gasteiger partial charge in [0.15, 0.2) is 5.78 Å². The molecule has 1 unspecified atom stereocenters. The molecule has 3 rings (SSSR count). The second kappa shape index (κ2) is 11.0. The molecule has 0 radical (unpaired) electrons. The Morgan fingerprint density at radius 3 is 1.68 bits per heavy atom. The third kappa shape index (κ3) is 7.44. The summed E-state index contributed by atoms with van der Waals surface area (Å²) in [6.45, 7) is 9.32. The van der Waals surface area contributed by atoms with Crippen molar-refractivity contribution >= 4 is 13.4 Å². The average molecular weight is 529 g/mol. The molecular formula is C30H35F2O4P. The molecule has 0 aliphatic heterocycles. The van der Waals surface area contributed by atoms with Gasteiger partial charge in [0.05, 0.1) is 17.1 Å². The number of hydrogen-bond acceptors (Lipinski definition) is 4. The van der Waals surface area contributed by atoms with Crippen molar-refractivity contribution in [1.29, 1.82) is 0 Å². The fourth-order valence-corrected chi connectivity index (χ4v) is 6.11. The van der Waals surface area contributed by atoms with E-state index in [4.69, 9.17) is 9.05 Å². The molecule has 1 atom stereocenters. The summed E-state index contributed by atoms with van der Waals surface area (Å²) in [5.41, 5.74) is -4.48. The smallest absolute Gasteiger partial charge is 0.298 e. The molecule has 0 N–H and O–H groups in total. The summed E-state index contributed by atoms with van der Waals surface area (Å²) in [5.74, 6) is -0.544. The monoisotopic (exact) mass is 528 g/mol. The van der Waals surface area contributed by atoms with Crippen LogP contribution >= 0.6 is 7.60 Å². The Morgan fingerprint density at radius 2 is 1.22 bits per heavy atom. The number of ketones is 1. The Hall–Kier alpha value is -2.66. The van der Waals surface area contributed by atoms with Gasteiger partial charge in [0, 0.05) is 11.1 Å². The highest BCUT2D eigenvalue weighted by atomic mass is 31.2. The van der Waals surface area contributed by atoms with Gasteiger partial charge >= 0.3 is 13.3 Å². The van der Waals surface area contributed by atoms with Crippen molar-refractivity contribution in [2.75, 3.05) is 0 Å². The van der Waals surface area contributed by atoms with Gasteiger partial charge in [-0.2, -0.15) is 8.78 Å². The van der Waals surface area contributed by atoms with Gasteiger partial charge in [-0.05, 0) is 59.1 Å². The third-order valence-corrected chi connectivity index (χ3v) is 7.97. The molecule has 0 aromatic heterocycles. The van der Waals surface area contributed by atoms with Gasteiger partial charge in [0.25, 0.3) is 0 Å². The van der Waals surface area contributed by atoms with Crippen LogP contribution < -0.4 is 0 Å². The lowest BCUT2D eigenvalue weighted by Crippen LogP contribution is -2.30. The minimum absolute atomic E-state index is 0.0529. The Labute approximate surface area is 218 Å². The Balaban J connectivity index is 1.93. The maximum atomic E-state index is 15.7. The van der Waals surface area contributed by atoms with Crippen LogP contribution in [0.4, 0.5) is 8.78 Å². The van der Waals surface area contributed by atoms with Crippen LogP contribution in [0.2, 0.25) is 0 Å². The van der Waals surface area contributed by atoms with Gasteiger partial charge < -0.3 is 0 Å². The summed E-state index contributed by atoms with van der Waals surface area (Å²) in [6.07, 6.45) is 0.318. The average Bonchev–Trinajstić information content (AvgIpc) is 2.81. The number of carbonyl (C=O) groups is 1. The molecule has 0 bridgehead atoms. The lowest BCUT2D eigenvalue weighted by Gasteiger charge is -2.36. The van der Waals surface area contributed by atoms with Crippen LogP contribution in [0.3, 0.4) is 0 Å². The summed E-state index contributed by atoms with van der Waals surface area (Å²) in [6, 6.07) is 23.9. The van der Waals surface area contributed by atoms with E-state index in [-0.39, 0.29) is 5.78 Å². The third-order valence-electron chi connectivity index (χ3n) is 5.45. The first-order valence-electron chi connectivity index (χ1n) is 12.2. The van der Waals surface area contributed by atoms with Gasteiger partial charge in [-0.15, -0.1) is 0 Å². The van der Waals surface area contributed by atoms with Crippen molar-refractivity contribution in [2.45, 2.75) is 70.7 Å². The highest BCUT2D eigenvalue weighted by molar-refractivity contribution is 7.54. The van der Waals surface area contributed by atoms with E-state index in [1.807, 2.05) is 48.5 Å². The van der Waals surface area contributed by atoms with E-state index in [1.54, 1.807) is 53.7 Å². The summed E-state index contributed by atoms with van der Waals surface area (Å²) in [7, 11) is -4.92. The zero-order valence-electron chi connectivity index (χ0n) is 22.2. The molecule has 0 saturated heterocycles. The molecule has 0 saturated carbocycles. The van der Waals surface area contributed by atoms with Gasteiger partial charge in [-0.1, -0.05) is 84.9 Å². The van der Waals surface area contributed by atoms with Crippen molar-refractivity contribution in [3.05, 3.63) is 107 Å². The predicted octanol–water partition coefficient (Wildman–Crippen LogP) is 8.77. The molecule has 0 amide bonds. The van der Waals surface area contributed by atoms with E-state index in [9.17, 15) is 9.36 Å². The van der Waals surface area contributed by atoms with E-state index in [2.05, 4.69) is 0 Å². The van der Waals surface area contributed by atoms with E-state index in [0.29, 0.717) is 17.5 Å². The molecule has 0 aliphatic rings. The second-order valence-corrected chi connectivity index (χ2v) is 13.0. The SMILES string of the molecule is CC(C)(C)OP(=O)(OC(C)(C)C)C(F)(F)c1ccc(CC(C(=O)c2ccccc2)c2ccccc2)cc1. The van der Waals surface area contributed by atoms with E-state index in [0.717, 1.165) is 5.56 Å². The molecule has 4 nitrogen and oxygen atoms in total. The van der Waals surface area contributed by atoms with Crippen LogP contribution in [0.15, 0.2) is 84.9 Å². The first kappa shape index (κ1) is 28.9. The maximum absolute atomic E-state index is 15.7. The molecule has 37 heavy (non-hydrogen) atoms. The first-order chi connectivity index (χ1) is 17.1. The Morgan fingerprint density at radius 1 is 0.757 bits per heavy atom. The molecule has 0 spiro atoms. The Kier molecular flexibility index (Phi) is 8.58. The fraction of sp³-hybridized carbons (Fsp3) is 0.367. The van der Waals surface area contributed by atoms with Crippen LogP contribution in [0.5, 0.6) is 0 Å². The molecular weight excluding hydrogens is 493 g/mol. The maximum Gasteiger partial charge on any atom is 0.405 e.